The molecule has 1 aromatic rings. The van der Waals surface area contributed by atoms with Crippen LogP contribution in [-0.2, 0) is 15.4 Å². The summed E-state index contributed by atoms with van der Waals surface area (Å²) >= 11 is 8.83. The summed E-state index contributed by atoms with van der Waals surface area (Å²) in [5, 5.41) is 0.609. The molecule has 7 heteroatoms. The van der Waals surface area contributed by atoms with Gasteiger partial charge in [-0.1, -0.05) is 33.6 Å². The Morgan fingerprint density at radius 3 is 2.36 bits per heavy atom. The van der Waals surface area contributed by atoms with Crippen molar-refractivity contribution < 1.29 is 13.0 Å². The van der Waals surface area contributed by atoms with Crippen molar-refractivity contribution in [1.82, 2.24) is 0 Å². The van der Waals surface area contributed by atoms with Gasteiger partial charge in [-0.15, -0.1) is 12.4 Å². The fourth-order valence-electron chi connectivity index (χ4n) is 0.837. The van der Waals surface area contributed by atoms with Gasteiger partial charge in [0.05, 0.1) is 5.02 Å². The van der Waals surface area contributed by atoms with Crippen LogP contribution in [0.5, 0.6) is 0 Å². The van der Waals surface area contributed by atoms with Crippen molar-refractivity contribution in [3.05, 3.63) is 28.8 Å². The van der Waals surface area contributed by atoms with Gasteiger partial charge in [-0.3, -0.25) is 4.55 Å². The van der Waals surface area contributed by atoms with Crippen LogP contribution in [0.25, 0.3) is 0 Å². The van der Waals surface area contributed by atoms with Gasteiger partial charge in [-0.2, -0.15) is 8.42 Å². The van der Waals surface area contributed by atoms with Crippen LogP contribution in [0.15, 0.2) is 23.1 Å². The zero-order valence-electron chi connectivity index (χ0n) is 6.78. The maximum atomic E-state index is 10.7. The van der Waals surface area contributed by atoms with Gasteiger partial charge in [0.25, 0.3) is 10.1 Å². The Balaban J connectivity index is 0.00000169. The number of halogens is 3. The third-order valence-electron chi connectivity index (χ3n) is 1.43. The number of alkyl halides is 1. The maximum absolute atomic E-state index is 10.7. The predicted octanol–water partition coefficient (Wildman–Crippen LogP) is 2.90. The second kappa shape index (κ2) is 5.32. The van der Waals surface area contributed by atoms with E-state index < -0.39 is 10.1 Å². The van der Waals surface area contributed by atoms with E-state index in [0.29, 0.717) is 5.33 Å². The Kier molecular flexibility index (Phi) is 5.39. The zero-order valence-corrected chi connectivity index (χ0v) is 10.8. The molecule has 0 aromatic heterocycles. The van der Waals surface area contributed by atoms with Crippen LogP contribution in [0, 0.1) is 0 Å². The van der Waals surface area contributed by atoms with Gasteiger partial charge in [-0.05, 0) is 17.7 Å². The molecule has 0 bridgehead atoms. The van der Waals surface area contributed by atoms with Crippen LogP contribution in [0.3, 0.4) is 0 Å². The van der Waals surface area contributed by atoms with E-state index in [2.05, 4.69) is 15.9 Å². The standard InChI is InChI=1S/C7H6BrClO3S.ClH/c8-4-5-1-2-7(6(9)3-5)13(10,11)12;/h1-3H,4H2,(H,10,11,12);1H. The fourth-order valence-corrected chi connectivity index (χ4v) is 2.23. The molecule has 0 aliphatic carbocycles. The molecular weight excluding hydrogens is 315 g/mol. The third-order valence-corrected chi connectivity index (χ3v) is 3.41. The molecule has 0 aliphatic heterocycles. The van der Waals surface area contributed by atoms with Crippen molar-refractivity contribution in [1.29, 1.82) is 0 Å². The molecule has 0 amide bonds. The molecule has 0 atom stereocenters. The number of benzene rings is 1. The van der Waals surface area contributed by atoms with E-state index in [4.69, 9.17) is 16.2 Å². The van der Waals surface area contributed by atoms with E-state index in [9.17, 15) is 8.42 Å². The van der Waals surface area contributed by atoms with Crippen molar-refractivity contribution in [2.45, 2.75) is 10.2 Å². The summed E-state index contributed by atoms with van der Waals surface area (Å²) in [4.78, 5) is -0.265. The summed E-state index contributed by atoms with van der Waals surface area (Å²) in [6, 6.07) is 4.33. The predicted molar refractivity (Wildman–Crippen MR) is 61.1 cm³/mol. The molecule has 0 spiro atoms. The van der Waals surface area contributed by atoms with Gasteiger partial charge in [0.2, 0.25) is 0 Å². The normalized spacial score (nSPS) is 10.8. The van der Waals surface area contributed by atoms with Crippen LogP contribution >= 0.6 is 39.9 Å². The fraction of sp³-hybridized carbons (Fsp3) is 0.143. The highest BCUT2D eigenvalue weighted by atomic mass is 79.9. The molecule has 0 unspecified atom stereocenters. The largest absolute Gasteiger partial charge is 0.296 e. The SMILES string of the molecule is Cl.O=S(=O)(O)c1ccc(CBr)cc1Cl. The monoisotopic (exact) mass is 320 g/mol. The van der Waals surface area contributed by atoms with E-state index >= 15 is 0 Å². The molecule has 0 aliphatic rings. The van der Waals surface area contributed by atoms with Crippen molar-refractivity contribution in [2.75, 3.05) is 0 Å². The smallest absolute Gasteiger partial charge is 0.282 e. The Labute approximate surface area is 102 Å². The first kappa shape index (κ1) is 14.2. The van der Waals surface area contributed by atoms with Crippen LogP contribution in [0.4, 0.5) is 0 Å². The lowest BCUT2D eigenvalue weighted by Crippen LogP contribution is -1.99. The summed E-state index contributed by atoms with van der Waals surface area (Å²) < 4.78 is 30.1. The Bertz CT molecular complexity index is 419. The van der Waals surface area contributed by atoms with Crippen molar-refractivity contribution >= 4 is 50.1 Å². The topological polar surface area (TPSA) is 54.4 Å². The lowest BCUT2D eigenvalue weighted by molar-refractivity contribution is 0.483. The second-order valence-corrected chi connectivity index (χ2v) is 4.73. The molecule has 14 heavy (non-hydrogen) atoms. The van der Waals surface area contributed by atoms with Gasteiger partial charge in [0, 0.05) is 5.33 Å². The molecule has 0 radical (unpaired) electrons. The Hall–Kier alpha value is 0.190. The average Bonchev–Trinajstić information content (AvgIpc) is 2.01. The molecule has 3 nitrogen and oxygen atoms in total. The molecule has 0 saturated heterocycles. The maximum Gasteiger partial charge on any atom is 0.296 e. The van der Waals surface area contributed by atoms with Crippen molar-refractivity contribution in [3.8, 4) is 0 Å². The summed E-state index contributed by atoms with van der Waals surface area (Å²) in [5.74, 6) is 0. The first-order valence-electron chi connectivity index (χ1n) is 3.27. The Morgan fingerprint density at radius 2 is 2.00 bits per heavy atom. The molecule has 0 fully saturated rings. The van der Waals surface area contributed by atoms with Gasteiger partial charge in [0.15, 0.2) is 0 Å². The minimum absolute atomic E-state index is 0. The molecule has 80 valence electrons. The first-order valence-corrected chi connectivity index (χ1v) is 6.21. The van der Waals surface area contributed by atoms with Crippen LogP contribution in [-0.4, -0.2) is 13.0 Å². The van der Waals surface area contributed by atoms with Crippen LogP contribution in [0.1, 0.15) is 5.56 Å². The van der Waals surface area contributed by atoms with Gasteiger partial charge in [0.1, 0.15) is 4.90 Å². The molecular formula is C7H7BrCl2O3S. The van der Waals surface area contributed by atoms with Gasteiger partial charge in [-0.25, -0.2) is 0 Å². The molecule has 1 aromatic carbocycles. The average molecular weight is 322 g/mol. The molecule has 0 saturated carbocycles. The first-order chi connectivity index (χ1) is 5.95. The summed E-state index contributed by atoms with van der Waals surface area (Å²) in [5.41, 5.74) is 0.845. The second-order valence-electron chi connectivity index (χ2n) is 2.37. The highest BCUT2D eigenvalue weighted by Crippen LogP contribution is 2.23. The highest BCUT2D eigenvalue weighted by molar-refractivity contribution is 9.08. The number of hydrogen-bond acceptors (Lipinski definition) is 2. The van der Waals surface area contributed by atoms with Crippen molar-refractivity contribution in [3.63, 3.8) is 0 Å². The molecule has 0 heterocycles. The van der Waals surface area contributed by atoms with Crippen LogP contribution < -0.4 is 0 Å². The number of rotatable bonds is 2. The minimum Gasteiger partial charge on any atom is -0.282 e. The summed E-state index contributed by atoms with van der Waals surface area (Å²) in [7, 11) is -4.21. The zero-order chi connectivity index (χ0) is 10.1. The quantitative estimate of drug-likeness (QED) is 0.673. The van der Waals surface area contributed by atoms with E-state index in [1.54, 1.807) is 6.07 Å². The lowest BCUT2D eigenvalue weighted by atomic mass is 10.2. The van der Waals surface area contributed by atoms with Gasteiger partial charge >= 0.3 is 0 Å². The third kappa shape index (κ3) is 3.40. The Morgan fingerprint density at radius 1 is 1.43 bits per heavy atom. The highest BCUT2D eigenvalue weighted by Gasteiger charge is 2.13. The van der Waals surface area contributed by atoms with Gasteiger partial charge < -0.3 is 0 Å². The van der Waals surface area contributed by atoms with E-state index in [1.165, 1.54) is 12.1 Å². The summed E-state index contributed by atoms with van der Waals surface area (Å²) in [6.45, 7) is 0. The van der Waals surface area contributed by atoms with E-state index in [0.717, 1.165) is 5.56 Å². The van der Waals surface area contributed by atoms with E-state index in [-0.39, 0.29) is 22.3 Å². The molecule has 1 N–H and O–H groups in total. The lowest BCUT2D eigenvalue weighted by Gasteiger charge is -2.01. The number of hydrogen-bond donors (Lipinski definition) is 1. The summed E-state index contributed by atoms with van der Waals surface area (Å²) in [6.07, 6.45) is 0. The van der Waals surface area contributed by atoms with Crippen LogP contribution in [0.2, 0.25) is 5.02 Å². The van der Waals surface area contributed by atoms with Crippen molar-refractivity contribution in [2.24, 2.45) is 0 Å². The van der Waals surface area contributed by atoms with E-state index in [1.807, 2.05) is 0 Å². The molecule has 1 rings (SSSR count). The minimum atomic E-state index is -4.21.